The zero-order valence-corrected chi connectivity index (χ0v) is 12.0. The molecule has 1 aromatic rings. The minimum atomic E-state index is 0.237. The summed E-state index contributed by atoms with van der Waals surface area (Å²) in [6, 6.07) is 3.93. The first-order valence-corrected chi connectivity index (χ1v) is 6.68. The van der Waals surface area contributed by atoms with Gasteiger partial charge in [-0.25, -0.2) is 0 Å². The van der Waals surface area contributed by atoms with Crippen molar-refractivity contribution in [1.82, 2.24) is 5.32 Å². The molecule has 0 fully saturated rings. The van der Waals surface area contributed by atoms with Gasteiger partial charge in [0.25, 0.3) is 0 Å². The van der Waals surface area contributed by atoms with E-state index in [0.717, 1.165) is 18.4 Å². The molecule has 0 aliphatic carbocycles. The number of rotatable bonds is 6. The van der Waals surface area contributed by atoms with Crippen LogP contribution in [-0.2, 0) is 0 Å². The number of halogens is 2. The Labute approximate surface area is 113 Å². The van der Waals surface area contributed by atoms with E-state index in [4.69, 9.17) is 27.9 Å². The molecule has 0 aromatic heterocycles. The summed E-state index contributed by atoms with van der Waals surface area (Å²) >= 11 is 12.4. The van der Waals surface area contributed by atoms with Crippen LogP contribution in [0.1, 0.15) is 38.3 Å². The predicted octanol–water partition coefficient (Wildman–Crippen LogP) is 4.45. The number of nitrogens with one attached hydrogen (secondary N) is 1. The lowest BCUT2D eigenvalue weighted by atomic mass is 10.0. The molecule has 0 saturated carbocycles. The Kier molecular flexibility index (Phi) is 6.10. The molecule has 1 unspecified atom stereocenters. The molecular formula is C13H19Cl2NO. The molecular weight excluding hydrogens is 257 g/mol. The second-order valence-electron chi connectivity index (χ2n) is 3.87. The van der Waals surface area contributed by atoms with E-state index >= 15 is 0 Å². The predicted molar refractivity (Wildman–Crippen MR) is 74.3 cm³/mol. The first-order valence-electron chi connectivity index (χ1n) is 5.93. The minimum absolute atomic E-state index is 0.237. The van der Waals surface area contributed by atoms with Gasteiger partial charge in [0.2, 0.25) is 0 Å². The SMILES string of the molecule is CCCC(NC)c1cc(Cl)c(OCC)cc1Cl. The average molecular weight is 276 g/mol. The third-order valence-electron chi connectivity index (χ3n) is 2.65. The van der Waals surface area contributed by atoms with Crippen LogP contribution in [0.25, 0.3) is 0 Å². The zero-order valence-electron chi connectivity index (χ0n) is 10.5. The Morgan fingerprint density at radius 3 is 2.47 bits per heavy atom. The van der Waals surface area contributed by atoms with Gasteiger partial charge in [0.15, 0.2) is 0 Å². The van der Waals surface area contributed by atoms with Crippen molar-refractivity contribution in [2.24, 2.45) is 0 Å². The number of hydrogen-bond acceptors (Lipinski definition) is 2. The normalized spacial score (nSPS) is 12.5. The summed E-state index contributed by atoms with van der Waals surface area (Å²) in [4.78, 5) is 0. The van der Waals surface area contributed by atoms with Crippen LogP contribution in [0, 0.1) is 0 Å². The highest BCUT2D eigenvalue weighted by Crippen LogP contribution is 2.35. The molecule has 1 atom stereocenters. The fraction of sp³-hybridized carbons (Fsp3) is 0.538. The van der Waals surface area contributed by atoms with Crippen molar-refractivity contribution in [2.45, 2.75) is 32.7 Å². The van der Waals surface area contributed by atoms with Crippen molar-refractivity contribution in [2.75, 3.05) is 13.7 Å². The van der Waals surface area contributed by atoms with Crippen LogP contribution in [0.3, 0.4) is 0 Å². The topological polar surface area (TPSA) is 21.3 Å². The van der Waals surface area contributed by atoms with Crippen molar-refractivity contribution >= 4 is 23.2 Å². The lowest BCUT2D eigenvalue weighted by Crippen LogP contribution is -2.16. The van der Waals surface area contributed by atoms with E-state index in [0.29, 0.717) is 22.4 Å². The Morgan fingerprint density at radius 2 is 1.94 bits per heavy atom. The highest BCUT2D eigenvalue weighted by molar-refractivity contribution is 6.34. The molecule has 0 aliphatic rings. The van der Waals surface area contributed by atoms with Crippen LogP contribution >= 0.6 is 23.2 Å². The Morgan fingerprint density at radius 1 is 1.24 bits per heavy atom. The van der Waals surface area contributed by atoms with Gasteiger partial charge in [0.05, 0.1) is 11.6 Å². The summed E-state index contributed by atoms with van der Waals surface area (Å²) in [6.45, 7) is 4.65. The van der Waals surface area contributed by atoms with Crippen LogP contribution in [0.5, 0.6) is 5.75 Å². The zero-order chi connectivity index (χ0) is 12.8. The maximum atomic E-state index is 6.27. The molecule has 2 nitrogen and oxygen atoms in total. The molecule has 0 heterocycles. The van der Waals surface area contributed by atoms with Gasteiger partial charge in [0.1, 0.15) is 5.75 Å². The molecule has 0 spiro atoms. The van der Waals surface area contributed by atoms with E-state index in [9.17, 15) is 0 Å². The molecule has 17 heavy (non-hydrogen) atoms. The van der Waals surface area contributed by atoms with E-state index in [2.05, 4.69) is 12.2 Å². The van der Waals surface area contributed by atoms with Crippen LogP contribution in [-0.4, -0.2) is 13.7 Å². The standard InChI is InChI=1S/C13H19Cl2NO/c1-4-6-12(16-3)9-7-11(15)13(17-5-2)8-10(9)14/h7-8,12,16H,4-6H2,1-3H3. The van der Waals surface area contributed by atoms with Crippen molar-refractivity contribution in [3.05, 3.63) is 27.7 Å². The van der Waals surface area contributed by atoms with E-state index in [1.807, 2.05) is 20.0 Å². The Bertz CT molecular complexity index is 369. The van der Waals surface area contributed by atoms with E-state index in [-0.39, 0.29) is 6.04 Å². The van der Waals surface area contributed by atoms with Crippen LogP contribution in [0.15, 0.2) is 12.1 Å². The van der Waals surface area contributed by atoms with E-state index in [1.165, 1.54) is 0 Å². The third kappa shape index (κ3) is 3.77. The largest absolute Gasteiger partial charge is 0.492 e. The van der Waals surface area contributed by atoms with Gasteiger partial charge >= 0.3 is 0 Å². The minimum Gasteiger partial charge on any atom is -0.492 e. The molecule has 4 heteroatoms. The summed E-state index contributed by atoms with van der Waals surface area (Å²) < 4.78 is 5.41. The average Bonchev–Trinajstić information content (AvgIpc) is 2.31. The first-order chi connectivity index (χ1) is 8.13. The molecule has 1 rings (SSSR count). The van der Waals surface area contributed by atoms with Crippen molar-refractivity contribution in [3.63, 3.8) is 0 Å². The molecule has 1 N–H and O–H groups in total. The fourth-order valence-electron chi connectivity index (χ4n) is 1.82. The summed E-state index contributed by atoms with van der Waals surface area (Å²) in [7, 11) is 1.93. The maximum Gasteiger partial charge on any atom is 0.139 e. The van der Waals surface area contributed by atoms with Gasteiger partial charge in [-0.05, 0) is 32.0 Å². The molecule has 0 saturated heterocycles. The summed E-state index contributed by atoms with van der Waals surface area (Å²) in [5, 5.41) is 4.57. The smallest absolute Gasteiger partial charge is 0.139 e. The molecule has 0 bridgehead atoms. The van der Waals surface area contributed by atoms with Crippen molar-refractivity contribution in [3.8, 4) is 5.75 Å². The highest BCUT2D eigenvalue weighted by Gasteiger charge is 2.15. The highest BCUT2D eigenvalue weighted by atomic mass is 35.5. The number of benzene rings is 1. The van der Waals surface area contributed by atoms with Gasteiger partial charge in [-0.15, -0.1) is 0 Å². The van der Waals surface area contributed by atoms with Gasteiger partial charge in [-0.2, -0.15) is 0 Å². The van der Waals surface area contributed by atoms with E-state index in [1.54, 1.807) is 6.07 Å². The molecule has 0 aliphatic heterocycles. The van der Waals surface area contributed by atoms with Crippen molar-refractivity contribution in [1.29, 1.82) is 0 Å². The van der Waals surface area contributed by atoms with Crippen LogP contribution in [0.2, 0.25) is 10.0 Å². The monoisotopic (exact) mass is 275 g/mol. The third-order valence-corrected chi connectivity index (χ3v) is 3.27. The maximum absolute atomic E-state index is 6.27. The quantitative estimate of drug-likeness (QED) is 0.828. The van der Waals surface area contributed by atoms with Gasteiger partial charge in [-0.1, -0.05) is 36.5 Å². The second-order valence-corrected chi connectivity index (χ2v) is 4.68. The first kappa shape index (κ1) is 14.6. The Balaban J connectivity index is 3.04. The second kappa shape index (κ2) is 7.10. The number of ether oxygens (including phenoxy) is 1. The van der Waals surface area contributed by atoms with Gasteiger partial charge < -0.3 is 10.1 Å². The number of hydrogen-bond donors (Lipinski definition) is 1. The van der Waals surface area contributed by atoms with Crippen LogP contribution < -0.4 is 10.1 Å². The lowest BCUT2D eigenvalue weighted by molar-refractivity contribution is 0.340. The van der Waals surface area contributed by atoms with Crippen LogP contribution in [0.4, 0.5) is 0 Å². The molecule has 0 radical (unpaired) electrons. The summed E-state index contributed by atoms with van der Waals surface area (Å²) in [6.07, 6.45) is 2.12. The van der Waals surface area contributed by atoms with Gasteiger partial charge in [0, 0.05) is 17.1 Å². The lowest BCUT2D eigenvalue weighted by Gasteiger charge is -2.18. The van der Waals surface area contributed by atoms with Crippen molar-refractivity contribution < 1.29 is 4.74 Å². The molecule has 96 valence electrons. The molecule has 0 amide bonds. The summed E-state index contributed by atoms with van der Waals surface area (Å²) in [5.74, 6) is 0.647. The summed E-state index contributed by atoms with van der Waals surface area (Å²) in [5.41, 5.74) is 1.03. The Hall–Kier alpha value is -0.440. The fourth-order valence-corrected chi connectivity index (χ4v) is 2.33. The van der Waals surface area contributed by atoms with Gasteiger partial charge in [-0.3, -0.25) is 0 Å². The molecule has 1 aromatic carbocycles. The van der Waals surface area contributed by atoms with E-state index < -0.39 is 0 Å².